The summed E-state index contributed by atoms with van der Waals surface area (Å²) in [6.07, 6.45) is 2.16. The van der Waals surface area contributed by atoms with Crippen LogP contribution >= 0.6 is 0 Å². The van der Waals surface area contributed by atoms with Crippen molar-refractivity contribution in [1.82, 2.24) is 9.47 Å². The predicted molar refractivity (Wildman–Crippen MR) is 86.5 cm³/mol. The molecule has 1 unspecified atom stereocenters. The van der Waals surface area contributed by atoms with Gasteiger partial charge in [-0.25, -0.2) is 8.78 Å². The number of amides is 1. The highest BCUT2D eigenvalue weighted by atomic mass is 19.2. The quantitative estimate of drug-likeness (QED) is 0.940. The van der Waals surface area contributed by atoms with Crippen LogP contribution in [0.25, 0.3) is 11.3 Å². The summed E-state index contributed by atoms with van der Waals surface area (Å²) >= 11 is 0. The molecular formula is C18H19F2N3O. The molecule has 5 rings (SSSR count). The summed E-state index contributed by atoms with van der Waals surface area (Å²) in [7, 11) is 0. The second-order valence-electron chi connectivity index (χ2n) is 6.67. The third-order valence-electron chi connectivity index (χ3n) is 5.34. The molecule has 0 radical (unpaired) electrons. The van der Waals surface area contributed by atoms with Crippen LogP contribution in [0.3, 0.4) is 0 Å². The molecule has 4 nitrogen and oxygen atoms in total. The molecule has 2 aromatic rings. The fourth-order valence-corrected chi connectivity index (χ4v) is 4.12. The monoisotopic (exact) mass is 331 g/mol. The average Bonchev–Trinajstić information content (AvgIpc) is 3.03. The van der Waals surface area contributed by atoms with Crippen molar-refractivity contribution >= 4 is 5.91 Å². The van der Waals surface area contributed by atoms with E-state index in [4.69, 9.17) is 5.73 Å². The van der Waals surface area contributed by atoms with Gasteiger partial charge in [-0.3, -0.25) is 4.79 Å². The first kappa shape index (κ1) is 15.3. The molecule has 1 aromatic heterocycles. The molecule has 6 heteroatoms. The highest BCUT2D eigenvalue weighted by Crippen LogP contribution is 2.39. The summed E-state index contributed by atoms with van der Waals surface area (Å²) in [4.78, 5) is 14.3. The van der Waals surface area contributed by atoms with Crippen LogP contribution in [-0.4, -0.2) is 35.0 Å². The lowest BCUT2D eigenvalue weighted by molar-refractivity contribution is 0.0561. The zero-order valence-corrected chi connectivity index (χ0v) is 13.2. The maximum absolute atomic E-state index is 13.7. The Morgan fingerprint density at radius 1 is 1.08 bits per heavy atom. The number of piperidine rings is 3. The SMILES string of the molecule is NC(=O)c1ccc(-c2ccc(F)c(F)c2)n1C1CN2CCC1CC2. The van der Waals surface area contributed by atoms with Gasteiger partial charge in [-0.1, -0.05) is 0 Å². The van der Waals surface area contributed by atoms with E-state index in [0.717, 1.165) is 38.5 Å². The Bertz CT molecular complexity index is 794. The first-order chi connectivity index (χ1) is 11.5. The van der Waals surface area contributed by atoms with Gasteiger partial charge in [-0.15, -0.1) is 0 Å². The molecule has 0 spiro atoms. The molecule has 3 aliphatic rings. The van der Waals surface area contributed by atoms with Crippen molar-refractivity contribution in [2.75, 3.05) is 19.6 Å². The fourth-order valence-electron chi connectivity index (χ4n) is 4.12. The number of carbonyl (C=O) groups is 1. The number of halogens is 2. The van der Waals surface area contributed by atoms with Gasteiger partial charge in [0.05, 0.1) is 6.04 Å². The lowest BCUT2D eigenvalue weighted by Crippen LogP contribution is -2.48. The van der Waals surface area contributed by atoms with Crippen molar-refractivity contribution < 1.29 is 13.6 Å². The van der Waals surface area contributed by atoms with Gasteiger partial charge in [0.15, 0.2) is 11.6 Å². The Balaban J connectivity index is 1.83. The number of hydrogen-bond donors (Lipinski definition) is 1. The molecule has 3 saturated heterocycles. The van der Waals surface area contributed by atoms with Crippen LogP contribution in [0.1, 0.15) is 29.4 Å². The number of hydrogen-bond acceptors (Lipinski definition) is 2. The summed E-state index contributed by atoms with van der Waals surface area (Å²) in [6, 6.07) is 7.40. The van der Waals surface area contributed by atoms with Crippen LogP contribution in [0.2, 0.25) is 0 Å². The van der Waals surface area contributed by atoms with E-state index in [9.17, 15) is 13.6 Å². The summed E-state index contributed by atoms with van der Waals surface area (Å²) < 4.78 is 28.9. The minimum Gasteiger partial charge on any atom is -0.364 e. The first-order valence-electron chi connectivity index (χ1n) is 8.23. The smallest absolute Gasteiger partial charge is 0.265 e. The third kappa shape index (κ3) is 2.41. The number of benzene rings is 1. The molecule has 2 N–H and O–H groups in total. The van der Waals surface area contributed by atoms with E-state index in [2.05, 4.69) is 4.90 Å². The summed E-state index contributed by atoms with van der Waals surface area (Å²) in [5.41, 5.74) is 7.25. The van der Waals surface area contributed by atoms with Gasteiger partial charge in [0.25, 0.3) is 5.91 Å². The van der Waals surface area contributed by atoms with Crippen LogP contribution in [0.4, 0.5) is 8.78 Å². The Morgan fingerprint density at radius 3 is 2.42 bits per heavy atom. The number of fused-ring (bicyclic) bond motifs is 3. The van der Waals surface area contributed by atoms with Crippen LogP contribution in [0, 0.1) is 17.6 Å². The molecule has 24 heavy (non-hydrogen) atoms. The van der Waals surface area contributed by atoms with Gasteiger partial charge in [0.2, 0.25) is 0 Å². The molecule has 0 saturated carbocycles. The van der Waals surface area contributed by atoms with E-state index < -0.39 is 17.5 Å². The zero-order valence-electron chi connectivity index (χ0n) is 13.2. The summed E-state index contributed by atoms with van der Waals surface area (Å²) in [6.45, 7) is 3.01. The molecule has 0 aliphatic carbocycles. The minimum atomic E-state index is -0.894. The first-order valence-corrected chi connectivity index (χ1v) is 8.23. The Kier molecular flexibility index (Phi) is 3.64. The number of rotatable bonds is 3. The molecule has 3 fully saturated rings. The van der Waals surface area contributed by atoms with Crippen molar-refractivity contribution in [2.24, 2.45) is 11.7 Å². The molecule has 126 valence electrons. The molecular weight excluding hydrogens is 312 g/mol. The van der Waals surface area contributed by atoms with E-state index in [1.807, 2.05) is 4.57 Å². The van der Waals surface area contributed by atoms with Crippen molar-refractivity contribution in [3.05, 3.63) is 47.7 Å². The summed E-state index contributed by atoms with van der Waals surface area (Å²) in [5, 5.41) is 0. The zero-order chi connectivity index (χ0) is 16.8. The number of primary amides is 1. The maximum atomic E-state index is 13.7. The minimum absolute atomic E-state index is 0.133. The highest BCUT2D eigenvalue weighted by Gasteiger charge is 2.37. The van der Waals surface area contributed by atoms with E-state index in [-0.39, 0.29) is 6.04 Å². The Hall–Kier alpha value is -2.21. The standard InChI is InChI=1S/C18H19F2N3O/c19-13-2-1-12(9-14(13)20)15-3-4-16(18(21)24)23(15)17-10-22-7-5-11(17)6-8-22/h1-4,9,11,17H,5-8,10H2,(H2,21,24). The lowest BCUT2D eigenvalue weighted by atomic mass is 9.83. The average molecular weight is 331 g/mol. The van der Waals surface area contributed by atoms with Crippen molar-refractivity contribution in [3.8, 4) is 11.3 Å². The number of nitrogens with two attached hydrogens (primary N) is 1. The number of carbonyl (C=O) groups excluding carboxylic acids is 1. The van der Waals surface area contributed by atoms with Gasteiger partial charge in [0.1, 0.15) is 5.69 Å². The molecule has 2 bridgehead atoms. The van der Waals surface area contributed by atoms with Crippen LogP contribution in [-0.2, 0) is 0 Å². The van der Waals surface area contributed by atoms with Crippen molar-refractivity contribution in [1.29, 1.82) is 0 Å². The Labute approximate surface area is 138 Å². The summed E-state index contributed by atoms with van der Waals surface area (Å²) in [5.74, 6) is -1.80. The lowest BCUT2D eigenvalue weighted by Gasteiger charge is -2.46. The molecule has 4 heterocycles. The van der Waals surface area contributed by atoms with Crippen molar-refractivity contribution in [3.63, 3.8) is 0 Å². The van der Waals surface area contributed by atoms with E-state index >= 15 is 0 Å². The number of nitrogens with zero attached hydrogens (tertiary/aromatic N) is 2. The van der Waals surface area contributed by atoms with E-state index in [1.54, 1.807) is 12.1 Å². The molecule has 1 aromatic carbocycles. The second kappa shape index (κ2) is 5.70. The van der Waals surface area contributed by atoms with E-state index in [0.29, 0.717) is 22.9 Å². The van der Waals surface area contributed by atoms with Gasteiger partial charge in [0, 0.05) is 17.8 Å². The largest absolute Gasteiger partial charge is 0.364 e. The van der Waals surface area contributed by atoms with Gasteiger partial charge >= 0.3 is 0 Å². The highest BCUT2D eigenvalue weighted by molar-refractivity contribution is 5.92. The van der Waals surface area contributed by atoms with Crippen LogP contribution in [0.15, 0.2) is 30.3 Å². The maximum Gasteiger partial charge on any atom is 0.265 e. The molecule has 3 aliphatic heterocycles. The fraction of sp³-hybridized carbons (Fsp3) is 0.389. The normalized spacial score (nSPS) is 25.8. The topological polar surface area (TPSA) is 51.3 Å². The van der Waals surface area contributed by atoms with Gasteiger partial charge < -0.3 is 15.2 Å². The van der Waals surface area contributed by atoms with Crippen LogP contribution in [0.5, 0.6) is 0 Å². The molecule has 1 amide bonds. The molecule has 1 atom stereocenters. The van der Waals surface area contributed by atoms with Crippen molar-refractivity contribution in [2.45, 2.75) is 18.9 Å². The van der Waals surface area contributed by atoms with Crippen LogP contribution < -0.4 is 5.73 Å². The second-order valence-corrected chi connectivity index (χ2v) is 6.67. The van der Waals surface area contributed by atoms with Gasteiger partial charge in [-0.2, -0.15) is 0 Å². The predicted octanol–water partition coefficient (Wildman–Crippen LogP) is 2.80. The van der Waals surface area contributed by atoms with E-state index in [1.165, 1.54) is 12.1 Å². The third-order valence-corrected chi connectivity index (χ3v) is 5.34. The van der Waals surface area contributed by atoms with Gasteiger partial charge in [-0.05, 0) is 62.2 Å². The number of aromatic nitrogens is 1. The Morgan fingerprint density at radius 2 is 1.83 bits per heavy atom.